The monoisotopic (exact) mass is 237 g/mol. The van der Waals surface area contributed by atoms with E-state index >= 15 is 0 Å². The molecule has 0 saturated carbocycles. The van der Waals surface area contributed by atoms with Crippen molar-refractivity contribution in [3.05, 3.63) is 35.9 Å². The third-order valence-electron chi connectivity index (χ3n) is 2.34. The Hall–Kier alpha value is -1.88. The molecule has 0 spiro atoms. The highest BCUT2D eigenvalue weighted by Crippen LogP contribution is 2.03. The summed E-state index contributed by atoms with van der Waals surface area (Å²) in [5, 5.41) is 11.5. The molecule has 0 aliphatic carbocycles. The van der Waals surface area contributed by atoms with Crippen molar-refractivity contribution in [2.24, 2.45) is 0 Å². The predicted octanol–water partition coefficient (Wildman–Crippen LogP) is -0.571. The van der Waals surface area contributed by atoms with Gasteiger partial charge in [0.05, 0.1) is 0 Å². The molecule has 0 radical (unpaired) electrons. The molecule has 1 rings (SSSR count). The molecular formula is C12H17N2O3+. The molecule has 0 fully saturated rings. The van der Waals surface area contributed by atoms with Gasteiger partial charge in [-0.3, -0.25) is 4.79 Å². The summed E-state index contributed by atoms with van der Waals surface area (Å²) >= 11 is 0. The van der Waals surface area contributed by atoms with Gasteiger partial charge in [-0.25, -0.2) is 4.79 Å². The summed E-state index contributed by atoms with van der Waals surface area (Å²) in [4.78, 5) is 22.4. The van der Waals surface area contributed by atoms with Gasteiger partial charge in [0.25, 0.3) is 5.91 Å². The Bertz CT molecular complexity index is 390. The van der Waals surface area contributed by atoms with E-state index in [0.717, 1.165) is 5.56 Å². The first-order chi connectivity index (χ1) is 8.00. The van der Waals surface area contributed by atoms with E-state index in [1.54, 1.807) is 6.92 Å². The highest BCUT2D eigenvalue weighted by atomic mass is 16.4. The number of carbonyl (C=O) groups excluding carboxylic acids is 1. The first-order valence-electron chi connectivity index (χ1n) is 5.41. The van der Waals surface area contributed by atoms with Crippen molar-refractivity contribution in [2.75, 3.05) is 0 Å². The lowest BCUT2D eigenvalue weighted by Crippen LogP contribution is -2.67. The van der Waals surface area contributed by atoms with Crippen LogP contribution in [0.4, 0.5) is 0 Å². The molecule has 2 atom stereocenters. The zero-order chi connectivity index (χ0) is 12.8. The summed E-state index contributed by atoms with van der Waals surface area (Å²) in [5.41, 5.74) is 4.42. The van der Waals surface area contributed by atoms with Gasteiger partial charge < -0.3 is 16.2 Å². The number of hydrogen-bond acceptors (Lipinski definition) is 2. The lowest BCUT2D eigenvalue weighted by Gasteiger charge is -2.14. The van der Waals surface area contributed by atoms with Gasteiger partial charge in [0, 0.05) is 6.42 Å². The van der Waals surface area contributed by atoms with Crippen LogP contribution in [0.5, 0.6) is 0 Å². The minimum atomic E-state index is -1.04. The molecule has 1 aromatic carbocycles. The van der Waals surface area contributed by atoms with Gasteiger partial charge >= 0.3 is 5.97 Å². The fourth-order valence-corrected chi connectivity index (χ4v) is 1.36. The number of rotatable bonds is 5. The van der Waals surface area contributed by atoms with Crippen LogP contribution in [0.1, 0.15) is 12.5 Å². The minimum Gasteiger partial charge on any atom is -0.480 e. The number of nitrogens with one attached hydrogen (secondary N) is 1. The van der Waals surface area contributed by atoms with Crippen molar-refractivity contribution in [3.63, 3.8) is 0 Å². The maximum absolute atomic E-state index is 11.4. The van der Waals surface area contributed by atoms with E-state index < -0.39 is 18.1 Å². The number of hydrogen-bond donors (Lipinski definition) is 3. The van der Waals surface area contributed by atoms with Crippen molar-refractivity contribution in [1.29, 1.82) is 0 Å². The molecular weight excluding hydrogens is 220 g/mol. The molecule has 5 heteroatoms. The van der Waals surface area contributed by atoms with Gasteiger partial charge in [0.2, 0.25) is 0 Å². The second kappa shape index (κ2) is 6.00. The van der Waals surface area contributed by atoms with E-state index in [0.29, 0.717) is 0 Å². The maximum atomic E-state index is 11.4. The van der Waals surface area contributed by atoms with Gasteiger partial charge in [-0.15, -0.1) is 0 Å². The zero-order valence-corrected chi connectivity index (χ0v) is 9.72. The molecule has 0 aliphatic rings. The van der Waals surface area contributed by atoms with Crippen LogP contribution >= 0.6 is 0 Å². The minimum absolute atomic E-state index is 0.272. The summed E-state index contributed by atoms with van der Waals surface area (Å²) in [6, 6.07) is 7.81. The summed E-state index contributed by atoms with van der Waals surface area (Å²) in [7, 11) is 0. The van der Waals surface area contributed by atoms with Crippen molar-refractivity contribution in [2.45, 2.75) is 25.4 Å². The average Bonchev–Trinajstić information content (AvgIpc) is 2.29. The number of carboxylic acid groups (broad SMARTS) is 1. The molecule has 0 bridgehead atoms. The van der Waals surface area contributed by atoms with Crippen LogP contribution in [0.15, 0.2) is 30.3 Å². The molecule has 92 valence electrons. The predicted molar refractivity (Wildman–Crippen MR) is 62.1 cm³/mol. The Morgan fingerprint density at radius 3 is 2.41 bits per heavy atom. The zero-order valence-electron chi connectivity index (χ0n) is 9.72. The van der Waals surface area contributed by atoms with Crippen molar-refractivity contribution < 1.29 is 20.4 Å². The molecule has 5 N–H and O–H groups in total. The largest absolute Gasteiger partial charge is 0.480 e. The first kappa shape index (κ1) is 13.2. The summed E-state index contributed by atoms with van der Waals surface area (Å²) in [6.07, 6.45) is 0.272. The van der Waals surface area contributed by atoms with Crippen molar-refractivity contribution in [1.82, 2.24) is 5.32 Å². The summed E-state index contributed by atoms with van der Waals surface area (Å²) < 4.78 is 0. The number of carbonyl (C=O) groups is 2. The van der Waals surface area contributed by atoms with Gasteiger partial charge in [0.1, 0.15) is 6.04 Å². The Balaban J connectivity index is 2.68. The normalized spacial score (nSPS) is 13.8. The van der Waals surface area contributed by atoms with Crippen LogP contribution < -0.4 is 11.1 Å². The van der Waals surface area contributed by atoms with Crippen molar-refractivity contribution >= 4 is 11.9 Å². The highest BCUT2D eigenvalue weighted by molar-refractivity contribution is 5.85. The number of quaternary nitrogens is 1. The molecule has 17 heavy (non-hydrogen) atoms. The van der Waals surface area contributed by atoms with Crippen LogP contribution in [-0.4, -0.2) is 29.1 Å². The Morgan fingerprint density at radius 2 is 1.94 bits per heavy atom. The number of amides is 1. The van der Waals surface area contributed by atoms with Gasteiger partial charge in [0.15, 0.2) is 6.04 Å². The molecule has 1 amide bonds. The number of carboxylic acids is 1. The van der Waals surface area contributed by atoms with E-state index in [4.69, 9.17) is 5.11 Å². The molecule has 1 aromatic rings. The Kier molecular flexibility index (Phi) is 4.66. The van der Waals surface area contributed by atoms with Crippen LogP contribution in [0.25, 0.3) is 0 Å². The number of benzene rings is 1. The Labute approximate surface area is 99.6 Å². The second-order valence-electron chi connectivity index (χ2n) is 3.99. The van der Waals surface area contributed by atoms with E-state index in [1.807, 2.05) is 30.3 Å². The second-order valence-corrected chi connectivity index (χ2v) is 3.99. The van der Waals surface area contributed by atoms with Crippen LogP contribution in [0.3, 0.4) is 0 Å². The van der Waals surface area contributed by atoms with Gasteiger partial charge in [-0.2, -0.15) is 0 Å². The average molecular weight is 237 g/mol. The van der Waals surface area contributed by atoms with Gasteiger partial charge in [-0.1, -0.05) is 30.3 Å². The summed E-state index contributed by atoms with van der Waals surface area (Å²) in [6.45, 7) is 1.62. The van der Waals surface area contributed by atoms with Crippen LogP contribution in [0.2, 0.25) is 0 Å². The standard InChI is InChI=1S/C12H16N2O3/c1-8(13)11(15)14-10(12(16)17)7-9-5-3-2-4-6-9/h2-6,8,10H,7,13H2,1H3,(H,14,15)(H,16,17)/p+1. The van der Waals surface area contributed by atoms with E-state index in [2.05, 4.69) is 11.1 Å². The summed E-state index contributed by atoms with van der Waals surface area (Å²) in [5.74, 6) is -1.39. The third-order valence-corrected chi connectivity index (χ3v) is 2.34. The SMILES string of the molecule is CC([NH3+])C(=O)NC(Cc1ccccc1)C(=O)O. The molecule has 0 aliphatic heterocycles. The van der Waals surface area contributed by atoms with Crippen LogP contribution in [0, 0.1) is 0 Å². The molecule has 0 aromatic heterocycles. The fraction of sp³-hybridized carbons (Fsp3) is 0.333. The van der Waals surface area contributed by atoms with Gasteiger partial charge in [-0.05, 0) is 12.5 Å². The maximum Gasteiger partial charge on any atom is 0.326 e. The van der Waals surface area contributed by atoms with Crippen LogP contribution in [-0.2, 0) is 16.0 Å². The lowest BCUT2D eigenvalue weighted by molar-refractivity contribution is -0.398. The molecule has 0 heterocycles. The third kappa shape index (κ3) is 4.24. The highest BCUT2D eigenvalue weighted by Gasteiger charge is 2.22. The Morgan fingerprint density at radius 1 is 1.35 bits per heavy atom. The first-order valence-corrected chi connectivity index (χ1v) is 5.41. The molecule has 5 nitrogen and oxygen atoms in total. The quantitative estimate of drug-likeness (QED) is 0.640. The topological polar surface area (TPSA) is 94.0 Å². The number of aliphatic carboxylic acids is 1. The van der Waals surface area contributed by atoms with E-state index in [9.17, 15) is 9.59 Å². The van der Waals surface area contributed by atoms with Crippen molar-refractivity contribution in [3.8, 4) is 0 Å². The van der Waals surface area contributed by atoms with E-state index in [-0.39, 0.29) is 12.3 Å². The smallest absolute Gasteiger partial charge is 0.326 e. The molecule has 2 unspecified atom stereocenters. The molecule has 0 saturated heterocycles. The lowest BCUT2D eigenvalue weighted by atomic mass is 10.1. The fourth-order valence-electron chi connectivity index (χ4n) is 1.36. The van der Waals surface area contributed by atoms with E-state index in [1.165, 1.54) is 0 Å².